The van der Waals surface area contributed by atoms with Crippen LogP contribution in [0.1, 0.15) is 39.2 Å². The third-order valence-electron chi connectivity index (χ3n) is 5.38. The zero-order chi connectivity index (χ0) is 26.2. The van der Waals surface area contributed by atoms with Gasteiger partial charge in [0, 0.05) is 31.1 Å². The molecule has 10 heteroatoms. The molecule has 0 fully saturated rings. The quantitative estimate of drug-likeness (QED) is 0.449. The fourth-order valence-corrected chi connectivity index (χ4v) is 4.52. The fourth-order valence-electron chi connectivity index (χ4n) is 3.43. The second kappa shape index (κ2) is 12.9. The summed E-state index contributed by atoms with van der Waals surface area (Å²) in [6.45, 7) is 6.29. The number of rotatable bonds is 12. The maximum atomic E-state index is 13.3. The molecule has 0 aliphatic carbocycles. The highest BCUT2D eigenvalue weighted by Gasteiger charge is 2.26. The monoisotopic (exact) mass is 525 g/mol. The van der Waals surface area contributed by atoms with Gasteiger partial charge in [-0.2, -0.15) is 0 Å². The van der Waals surface area contributed by atoms with Crippen LogP contribution in [0.3, 0.4) is 0 Å². The average Bonchev–Trinajstić information content (AvgIpc) is 2.79. The van der Waals surface area contributed by atoms with Gasteiger partial charge < -0.3 is 10.2 Å². The molecule has 2 rings (SSSR count). The van der Waals surface area contributed by atoms with Crippen molar-refractivity contribution in [2.75, 3.05) is 23.7 Å². The number of hydrogen-bond acceptors (Lipinski definition) is 4. The standard InChI is InChI=1S/C25H33ClFN3O4S/c1-18(2)16-28-25(32)19(3)29(17-20-7-11-22(27)12-8-20)24(31)6-5-15-30(35(4,33)34)23-13-9-21(26)10-14-23/h7-14,18-19H,5-6,15-17H2,1-4H3,(H,28,32)/t19-/m1/s1. The Bertz CT molecular complexity index is 1090. The lowest BCUT2D eigenvalue weighted by Crippen LogP contribution is -2.48. The van der Waals surface area contributed by atoms with E-state index in [1.54, 1.807) is 43.3 Å². The highest BCUT2D eigenvalue weighted by atomic mass is 35.5. The van der Waals surface area contributed by atoms with E-state index in [2.05, 4.69) is 5.32 Å². The molecule has 35 heavy (non-hydrogen) atoms. The zero-order valence-corrected chi connectivity index (χ0v) is 22.1. The number of carbonyl (C=O) groups excluding carboxylic acids is 2. The summed E-state index contributed by atoms with van der Waals surface area (Å²) in [5, 5.41) is 3.33. The van der Waals surface area contributed by atoms with Crippen LogP contribution in [0, 0.1) is 11.7 Å². The Labute approximate surface area is 212 Å². The van der Waals surface area contributed by atoms with E-state index >= 15 is 0 Å². The Morgan fingerprint density at radius 2 is 1.63 bits per heavy atom. The van der Waals surface area contributed by atoms with Crippen molar-refractivity contribution < 1.29 is 22.4 Å². The van der Waals surface area contributed by atoms with Gasteiger partial charge in [-0.15, -0.1) is 0 Å². The normalized spacial score (nSPS) is 12.3. The number of carbonyl (C=O) groups is 2. The molecule has 0 saturated heterocycles. The molecule has 0 saturated carbocycles. The van der Waals surface area contributed by atoms with Gasteiger partial charge in [-0.3, -0.25) is 13.9 Å². The van der Waals surface area contributed by atoms with E-state index < -0.39 is 21.9 Å². The molecule has 2 aromatic rings. The van der Waals surface area contributed by atoms with E-state index in [1.807, 2.05) is 13.8 Å². The van der Waals surface area contributed by atoms with E-state index in [4.69, 9.17) is 11.6 Å². The van der Waals surface area contributed by atoms with E-state index in [0.717, 1.165) is 6.26 Å². The fraction of sp³-hybridized carbons (Fsp3) is 0.440. The first kappa shape index (κ1) is 28.6. The van der Waals surface area contributed by atoms with Gasteiger partial charge in [-0.05, 0) is 61.2 Å². The van der Waals surface area contributed by atoms with Gasteiger partial charge in [0.05, 0.1) is 11.9 Å². The summed E-state index contributed by atoms with van der Waals surface area (Å²) in [5.74, 6) is -0.723. The number of amides is 2. The van der Waals surface area contributed by atoms with Crippen molar-refractivity contribution in [2.45, 2.75) is 46.2 Å². The van der Waals surface area contributed by atoms with Crippen molar-refractivity contribution in [3.05, 3.63) is 64.9 Å². The first-order valence-electron chi connectivity index (χ1n) is 11.4. The molecule has 1 N–H and O–H groups in total. The smallest absolute Gasteiger partial charge is 0.242 e. The molecule has 0 aromatic heterocycles. The minimum Gasteiger partial charge on any atom is -0.354 e. The minimum absolute atomic E-state index is 0.0304. The first-order valence-corrected chi connectivity index (χ1v) is 13.7. The second-order valence-corrected chi connectivity index (χ2v) is 11.2. The van der Waals surface area contributed by atoms with Crippen LogP contribution >= 0.6 is 11.6 Å². The van der Waals surface area contributed by atoms with Crippen molar-refractivity contribution in [2.24, 2.45) is 5.92 Å². The summed E-state index contributed by atoms with van der Waals surface area (Å²) in [7, 11) is -3.58. The minimum atomic E-state index is -3.58. The predicted octanol–water partition coefficient (Wildman–Crippen LogP) is 4.21. The lowest BCUT2D eigenvalue weighted by Gasteiger charge is -2.29. The van der Waals surface area contributed by atoms with E-state index in [0.29, 0.717) is 22.8 Å². The van der Waals surface area contributed by atoms with Gasteiger partial charge in [0.25, 0.3) is 0 Å². The van der Waals surface area contributed by atoms with Gasteiger partial charge in [-0.1, -0.05) is 37.6 Å². The molecule has 0 aliphatic rings. The molecule has 7 nitrogen and oxygen atoms in total. The molecule has 1 atom stereocenters. The van der Waals surface area contributed by atoms with E-state index in [9.17, 15) is 22.4 Å². The second-order valence-electron chi connectivity index (χ2n) is 8.88. The van der Waals surface area contributed by atoms with Crippen molar-refractivity contribution in [1.29, 1.82) is 0 Å². The Balaban J connectivity index is 2.14. The number of benzene rings is 2. The van der Waals surface area contributed by atoms with Crippen LogP contribution in [0.15, 0.2) is 48.5 Å². The third kappa shape index (κ3) is 9.14. The molecule has 0 radical (unpaired) electrons. The number of halogens is 2. The molecule has 2 aromatic carbocycles. The summed E-state index contributed by atoms with van der Waals surface area (Å²) in [5.41, 5.74) is 1.14. The Morgan fingerprint density at radius 1 is 1.03 bits per heavy atom. The maximum absolute atomic E-state index is 13.3. The third-order valence-corrected chi connectivity index (χ3v) is 6.83. The summed E-state index contributed by atoms with van der Waals surface area (Å²) in [6, 6.07) is 11.4. The van der Waals surface area contributed by atoms with Crippen LogP contribution in [0.5, 0.6) is 0 Å². The Hall–Kier alpha value is -2.65. The topological polar surface area (TPSA) is 86.8 Å². The van der Waals surface area contributed by atoms with Gasteiger partial charge in [-0.25, -0.2) is 12.8 Å². The van der Waals surface area contributed by atoms with Crippen LogP contribution in [-0.2, 0) is 26.2 Å². The van der Waals surface area contributed by atoms with Gasteiger partial charge in [0.2, 0.25) is 21.8 Å². The molecule has 0 heterocycles. The van der Waals surface area contributed by atoms with Crippen LogP contribution in [0.25, 0.3) is 0 Å². The van der Waals surface area contributed by atoms with Crippen LogP contribution in [0.4, 0.5) is 10.1 Å². The SMILES string of the molecule is CC(C)CNC(=O)[C@@H](C)N(Cc1ccc(F)cc1)C(=O)CCCN(c1ccc(Cl)cc1)S(C)(=O)=O. The Morgan fingerprint density at radius 3 is 2.17 bits per heavy atom. The van der Waals surface area contributed by atoms with Crippen molar-refractivity contribution in [1.82, 2.24) is 10.2 Å². The lowest BCUT2D eigenvalue weighted by atomic mass is 10.1. The molecule has 0 unspecified atom stereocenters. The highest BCUT2D eigenvalue weighted by Crippen LogP contribution is 2.21. The summed E-state index contributed by atoms with van der Waals surface area (Å²) in [4.78, 5) is 27.3. The van der Waals surface area contributed by atoms with Gasteiger partial charge in [0.1, 0.15) is 11.9 Å². The number of anilines is 1. The molecular weight excluding hydrogens is 493 g/mol. The largest absolute Gasteiger partial charge is 0.354 e. The van der Waals surface area contributed by atoms with Crippen molar-refractivity contribution in [3.63, 3.8) is 0 Å². The zero-order valence-electron chi connectivity index (χ0n) is 20.5. The molecule has 192 valence electrons. The molecule has 2 amide bonds. The average molecular weight is 526 g/mol. The van der Waals surface area contributed by atoms with Crippen LogP contribution < -0.4 is 9.62 Å². The van der Waals surface area contributed by atoms with Crippen molar-refractivity contribution >= 4 is 39.1 Å². The maximum Gasteiger partial charge on any atom is 0.242 e. The highest BCUT2D eigenvalue weighted by molar-refractivity contribution is 7.92. The van der Waals surface area contributed by atoms with Gasteiger partial charge in [0.15, 0.2) is 0 Å². The van der Waals surface area contributed by atoms with Crippen molar-refractivity contribution in [3.8, 4) is 0 Å². The number of nitrogens with one attached hydrogen (secondary N) is 1. The summed E-state index contributed by atoms with van der Waals surface area (Å²) < 4.78 is 39.2. The molecule has 0 aliphatic heterocycles. The predicted molar refractivity (Wildman–Crippen MR) is 137 cm³/mol. The summed E-state index contributed by atoms with van der Waals surface area (Å²) in [6.07, 6.45) is 1.38. The Kier molecular flexibility index (Phi) is 10.5. The van der Waals surface area contributed by atoms with E-state index in [1.165, 1.54) is 21.3 Å². The van der Waals surface area contributed by atoms with Crippen LogP contribution in [-0.4, -0.2) is 50.5 Å². The number of hydrogen-bond donors (Lipinski definition) is 1. The van der Waals surface area contributed by atoms with Gasteiger partial charge >= 0.3 is 0 Å². The van der Waals surface area contributed by atoms with Crippen LogP contribution in [0.2, 0.25) is 5.02 Å². The molecule has 0 bridgehead atoms. The van der Waals surface area contributed by atoms with E-state index in [-0.39, 0.29) is 43.7 Å². The molecule has 0 spiro atoms. The first-order chi connectivity index (χ1) is 16.4. The number of sulfonamides is 1. The number of nitrogens with zero attached hydrogens (tertiary/aromatic N) is 2. The molecular formula is C25H33ClFN3O4S. The summed E-state index contributed by atoms with van der Waals surface area (Å²) >= 11 is 5.91. The lowest BCUT2D eigenvalue weighted by molar-refractivity contribution is -0.140.